The predicted molar refractivity (Wildman–Crippen MR) is 121 cm³/mol. The first-order chi connectivity index (χ1) is 15.0. The number of nitrogens with zero attached hydrogens (tertiary/aromatic N) is 1. The number of benzene rings is 2. The van der Waals surface area contributed by atoms with E-state index in [9.17, 15) is 4.79 Å². The van der Waals surface area contributed by atoms with E-state index in [1.807, 2.05) is 36.1 Å². The molecule has 0 aliphatic carbocycles. The number of carbonyl (C=O) groups excluding carboxylic acids is 1. The molecule has 0 saturated heterocycles. The Morgan fingerprint density at radius 1 is 1.00 bits per heavy atom. The zero-order chi connectivity index (χ0) is 22.4. The Morgan fingerprint density at radius 3 is 2.29 bits per heavy atom. The van der Waals surface area contributed by atoms with E-state index in [0.717, 1.165) is 28.9 Å². The van der Waals surface area contributed by atoms with E-state index >= 15 is 0 Å². The number of aryl methyl sites for hydroxylation is 1. The van der Waals surface area contributed by atoms with E-state index < -0.39 is 0 Å². The van der Waals surface area contributed by atoms with Gasteiger partial charge in [-0.15, -0.1) is 0 Å². The summed E-state index contributed by atoms with van der Waals surface area (Å²) in [5, 5.41) is 0. The Hall–Kier alpha value is -3.15. The van der Waals surface area contributed by atoms with Crippen molar-refractivity contribution in [1.82, 2.24) is 4.90 Å². The maximum Gasteiger partial charge on any atom is 0.226 e. The number of hydrogen-bond acceptors (Lipinski definition) is 5. The largest absolute Gasteiger partial charge is 0.496 e. The number of methoxy groups -OCH3 is 3. The van der Waals surface area contributed by atoms with Gasteiger partial charge >= 0.3 is 0 Å². The van der Waals surface area contributed by atoms with Crippen LogP contribution in [-0.4, -0.2) is 51.8 Å². The smallest absolute Gasteiger partial charge is 0.226 e. The van der Waals surface area contributed by atoms with Gasteiger partial charge in [0.1, 0.15) is 23.0 Å². The van der Waals surface area contributed by atoms with Crippen molar-refractivity contribution in [3.63, 3.8) is 0 Å². The van der Waals surface area contributed by atoms with Gasteiger partial charge in [-0.25, -0.2) is 0 Å². The monoisotopic (exact) mass is 425 g/mol. The lowest BCUT2D eigenvalue weighted by atomic mass is 9.97. The third-order valence-corrected chi connectivity index (χ3v) is 5.73. The second-order valence-corrected chi connectivity index (χ2v) is 7.52. The Labute approximate surface area is 184 Å². The van der Waals surface area contributed by atoms with E-state index in [2.05, 4.69) is 19.1 Å². The van der Waals surface area contributed by atoms with Crippen LogP contribution in [0.5, 0.6) is 23.0 Å². The zero-order valence-corrected chi connectivity index (χ0v) is 19.0. The lowest BCUT2D eigenvalue weighted by Crippen LogP contribution is -2.35. The van der Waals surface area contributed by atoms with Crippen molar-refractivity contribution in [3.8, 4) is 23.0 Å². The summed E-state index contributed by atoms with van der Waals surface area (Å²) in [7, 11) is 4.88. The van der Waals surface area contributed by atoms with Crippen molar-refractivity contribution >= 4 is 11.5 Å². The summed E-state index contributed by atoms with van der Waals surface area (Å²) in [6, 6.07) is 9.66. The van der Waals surface area contributed by atoms with E-state index in [4.69, 9.17) is 18.9 Å². The zero-order valence-electron chi connectivity index (χ0n) is 19.0. The van der Waals surface area contributed by atoms with Crippen LogP contribution in [0.3, 0.4) is 0 Å². The van der Waals surface area contributed by atoms with Gasteiger partial charge in [-0.2, -0.15) is 0 Å². The number of carbonyl (C=O) groups is 1. The number of rotatable bonds is 8. The number of ether oxygens (including phenoxy) is 4. The molecule has 0 fully saturated rings. The Bertz CT molecular complexity index is 941. The van der Waals surface area contributed by atoms with Gasteiger partial charge in [0.15, 0.2) is 0 Å². The standard InChI is InChI=1S/C25H31NO5/c1-17-7-6-8-21(18(17)2)31-14-11-24(27)26-12-9-19(10-13-26)25-22(29-4)15-20(28-3)16-23(25)30-5/h6-9,15-16H,10-14H2,1-5H3. The molecule has 0 spiro atoms. The molecule has 0 atom stereocenters. The van der Waals surface area contributed by atoms with Gasteiger partial charge in [-0.1, -0.05) is 18.2 Å². The van der Waals surface area contributed by atoms with Crippen LogP contribution in [0, 0.1) is 13.8 Å². The fourth-order valence-corrected chi connectivity index (χ4v) is 3.73. The molecule has 3 rings (SSSR count). The third kappa shape index (κ3) is 5.13. The second-order valence-electron chi connectivity index (χ2n) is 7.52. The maximum absolute atomic E-state index is 12.7. The topological polar surface area (TPSA) is 57.2 Å². The van der Waals surface area contributed by atoms with Crippen molar-refractivity contribution in [2.45, 2.75) is 26.7 Å². The SMILES string of the molecule is COc1cc(OC)c(C2=CCN(C(=O)CCOc3cccc(C)c3C)CC2)c(OC)c1. The van der Waals surface area contributed by atoms with E-state index in [0.29, 0.717) is 43.4 Å². The fraction of sp³-hybridized carbons (Fsp3) is 0.400. The van der Waals surface area contributed by atoms with Crippen molar-refractivity contribution in [3.05, 3.63) is 53.1 Å². The molecular formula is C25H31NO5. The molecule has 1 aliphatic heterocycles. The minimum Gasteiger partial charge on any atom is -0.496 e. The van der Waals surface area contributed by atoms with Gasteiger partial charge in [0.05, 0.1) is 39.9 Å². The molecule has 6 heteroatoms. The van der Waals surface area contributed by atoms with Crippen molar-refractivity contribution < 1.29 is 23.7 Å². The van der Waals surface area contributed by atoms with Crippen LogP contribution >= 0.6 is 0 Å². The second kappa shape index (κ2) is 10.2. The lowest BCUT2D eigenvalue weighted by Gasteiger charge is -2.28. The van der Waals surface area contributed by atoms with Crippen molar-refractivity contribution in [2.24, 2.45) is 0 Å². The molecule has 6 nitrogen and oxygen atoms in total. The first-order valence-corrected chi connectivity index (χ1v) is 10.4. The molecule has 1 amide bonds. The summed E-state index contributed by atoms with van der Waals surface area (Å²) in [5.74, 6) is 3.00. The fourth-order valence-electron chi connectivity index (χ4n) is 3.73. The van der Waals surface area contributed by atoms with Gasteiger partial charge in [-0.3, -0.25) is 4.79 Å². The van der Waals surface area contributed by atoms with Crippen molar-refractivity contribution in [2.75, 3.05) is 41.0 Å². The molecule has 1 aliphatic rings. The van der Waals surface area contributed by atoms with Crippen LogP contribution in [0.2, 0.25) is 0 Å². The minimum atomic E-state index is 0.0919. The Morgan fingerprint density at radius 2 is 1.71 bits per heavy atom. The summed E-state index contributed by atoms with van der Waals surface area (Å²) in [4.78, 5) is 14.5. The van der Waals surface area contributed by atoms with Gasteiger partial charge in [-0.05, 0) is 43.0 Å². The highest BCUT2D eigenvalue weighted by atomic mass is 16.5. The van der Waals surface area contributed by atoms with Gasteiger partial charge in [0, 0.05) is 25.2 Å². The molecule has 0 unspecified atom stereocenters. The normalized spacial score (nSPS) is 13.5. The molecular weight excluding hydrogens is 394 g/mol. The number of amides is 1. The van der Waals surface area contributed by atoms with E-state index in [1.54, 1.807) is 21.3 Å². The summed E-state index contributed by atoms with van der Waals surface area (Å²) in [5.41, 5.74) is 4.31. The summed E-state index contributed by atoms with van der Waals surface area (Å²) in [6.45, 7) is 5.65. The molecule has 2 aromatic carbocycles. The Kier molecular flexibility index (Phi) is 7.45. The summed E-state index contributed by atoms with van der Waals surface area (Å²) >= 11 is 0. The molecule has 0 N–H and O–H groups in total. The van der Waals surface area contributed by atoms with E-state index in [-0.39, 0.29) is 5.91 Å². The molecule has 31 heavy (non-hydrogen) atoms. The third-order valence-electron chi connectivity index (χ3n) is 5.73. The lowest BCUT2D eigenvalue weighted by molar-refractivity contribution is -0.131. The van der Waals surface area contributed by atoms with Gasteiger partial charge in [0.25, 0.3) is 0 Å². The van der Waals surface area contributed by atoms with Crippen LogP contribution in [-0.2, 0) is 4.79 Å². The van der Waals surface area contributed by atoms with Crippen LogP contribution < -0.4 is 18.9 Å². The van der Waals surface area contributed by atoms with Crippen LogP contribution in [0.1, 0.15) is 29.5 Å². The Balaban J connectivity index is 1.63. The van der Waals surface area contributed by atoms with Crippen molar-refractivity contribution in [1.29, 1.82) is 0 Å². The van der Waals surface area contributed by atoms with E-state index in [1.165, 1.54) is 5.56 Å². The molecule has 166 valence electrons. The average molecular weight is 426 g/mol. The molecule has 1 heterocycles. The number of hydrogen-bond donors (Lipinski definition) is 0. The highest BCUT2D eigenvalue weighted by Crippen LogP contribution is 2.40. The van der Waals surface area contributed by atoms with Gasteiger partial charge < -0.3 is 23.8 Å². The van der Waals surface area contributed by atoms with Crippen LogP contribution in [0.25, 0.3) is 5.57 Å². The minimum absolute atomic E-state index is 0.0919. The quantitative estimate of drug-likeness (QED) is 0.627. The molecule has 0 bridgehead atoms. The van der Waals surface area contributed by atoms with Crippen LogP contribution in [0.15, 0.2) is 36.4 Å². The average Bonchev–Trinajstić information content (AvgIpc) is 2.80. The highest BCUT2D eigenvalue weighted by Gasteiger charge is 2.23. The highest BCUT2D eigenvalue weighted by molar-refractivity contribution is 5.81. The molecule has 0 radical (unpaired) electrons. The predicted octanol–water partition coefficient (Wildman–Crippen LogP) is 4.41. The summed E-state index contributed by atoms with van der Waals surface area (Å²) in [6.07, 6.45) is 3.15. The molecule has 2 aromatic rings. The molecule has 0 saturated carbocycles. The van der Waals surface area contributed by atoms with Crippen LogP contribution in [0.4, 0.5) is 0 Å². The van der Waals surface area contributed by atoms with Gasteiger partial charge in [0.2, 0.25) is 5.91 Å². The summed E-state index contributed by atoms with van der Waals surface area (Å²) < 4.78 is 22.3. The first-order valence-electron chi connectivity index (χ1n) is 10.4. The first kappa shape index (κ1) is 22.5. The maximum atomic E-state index is 12.7. The molecule has 0 aromatic heterocycles.